The molecule has 1 heterocycles. The minimum atomic E-state index is -0.0716. The molecule has 25 heavy (non-hydrogen) atoms. The zero-order valence-corrected chi connectivity index (χ0v) is 15.4. The van der Waals surface area contributed by atoms with Crippen molar-refractivity contribution in [1.29, 1.82) is 0 Å². The van der Waals surface area contributed by atoms with Gasteiger partial charge in [0.15, 0.2) is 0 Å². The molecule has 0 bridgehead atoms. The first-order chi connectivity index (χ1) is 12.2. The number of carbonyl (C=O) groups excluding carboxylic acids is 1. The number of benzene rings is 1. The summed E-state index contributed by atoms with van der Waals surface area (Å²) in [4.78, 5) is 12.6. The van der Waals surface area contributed by atoms with Gasteiger partial charge in [-0.1, -0.05) is 49.6 Å². The molecule has 3 rings (SSSR count). The van der Waals surface area contributed by atoms with E-state index in [-0.39, 0.29) is 23.4 Å². The van der Waals surface area contributed by atoms with Crippen molar-refractivity contribution in [2.24, 2.45) is 5.92 Å². The maximum Gasteiger partial charge on any atom is 0.223 e. The van der Waals surface area contributed by atoms with E-state index >= 15 is 0 Å². The van der Waals surface area contributed by atoms with Gasteiger partial charge in [-0.2, -0.15) is 0 Å². The Bertz CT molecular complexity index is 534. The fourth-order valence-electron chi connectivity index (χ4n) is 4.18. The summed E-state index contributed by atoms with van der Waals surface area (Å²) in [5.41, 5.74) is 1.21. The summed E-state index contributed by atoms with van der Waals surface area (Å²) >= 11 is 0. The van der Waals surface area contributed by atoms with Gasteiger partial charge in [-0.3, -0.25) is 4.79 Å². The fourth-order valence-corrected chi connectivity index (χ4v) is 4.18. The van der Waals surface area contributed by atoms with Gasteiger partial charge in [0.25, 0.3) is 0 Å². The standard InChI is InChI=1S/C21H32N2O2/c1-17(18-8-4-2-5-9-18)23-21(12-14-25-15-13-21)16-22-20(24)19-10-6-3-7-11-19/h2,4-5,8-9,17,19,23H,3,6-7,10-16H2,1H3,(H,22,24)/t17-/m0/s1. The zero-order chi connectivity index (χ0) is 17.5. The topological polar surface area (TPSA) is 50.4 Å². The van der Waals surface area contributed by atoms with Crippen LogP contribution in [0.1, 0.15) is 63.5 Å². The predicted molar refractivity (Wildman–Crippen MR) is 100 cm³/mol. The van der Waals surface area contributed by atoms with Crippen molar-refractivity contribution >= 4 is 5.91 Å². The number of hydrogen-bond donors (Lipinski definition) is 2. The molecular weight excluding hydrogens is 312 g/mol. The highest BCUT2D eigenvalue weighted by Crippen LogP contribution is 2.27. The van der Waals surface area contributed by atoms with Crippen molar-refractivity contribution < 1.29 is 9.53 Å². The summed E-state index contributed by atoms with van der Waals surface area (Å²) < 4.78 is 5.58. The fraction of sp³-hybridized carbons (Fsp3) is 0.667. The summed E-state index contributed by atoms with van der Waals surface area (Å²) in [7, 11) is 0. The van der Waals surface area contributed by atoms with Gasteiger partial charge >= 0.3 is 0 Å². The van der Waals surface area contributed by atoms with Crippen LogP contribution in [0, 0.1) is 5.92 Å². The molecule has 1 aliphatic heterocycles. The predicted octanol–water partition coefficient (Wildman–Crippen LogP) is 3.58. The highest BCUT2D eigenvalue weighted by atomic mass is 16.5. The molecule has 0 aromatic heterocycles. The van der Waals surface area contributed by atoms with Gasteiger partial charge in [-0.25, -0.2) is 0 Å². The van der Waals surface area contributed by atoms with E-state index in [1.807, 2.05) is 6.07 Å². The molecule has 0 spiro atoms. The van der Waals surface area contributed by atoms with E-state index in [1.165, 1.54) is 24.8 Å². The average Bonchev–Trinajstić information content (AvgIpc) is 2.68. The average molecular weight is 344 g/mol. The van der Waals surface area contributed by atoms with E-state index in [4.69, 9.17) is 4.74 Å². The van der Waals surface area contributed by atoms with Crippen LogP contribution in [0.25, 0.3) is 0 Å². The molecule has 1 aromatic carbocycles. The van der Waals surface area contributed by atoms with Gasteiger partial charge in [0, 0.05) is 37.3 Å². The van der Waals surface area contributed by atoms with Crippen LogP contribution >= 0.6 is 0 Å². The van der Waals surface area contributed by atoms with Gasteiger partial charge < -0.3 is 15.4 Å². The SMILES string of the molecule is C[C@H](NC1(CNC(=O)C2CCCCC2)CCOCC1)c1ccccc1. The van der Waals surface area contributed by atoms with Crippen LogP contribution in [-0.4, -0.2) is 31.2 Å². The van der Waals surface area contributed by atoms with Crippen LogP contribution in [0.2, 0.25) is 0 Å². The molecule has 1 amide bonds. The number of amides is 1. The lowest BCUT2D eigenvalue weighted by atomic mass is 9.86. The second kappa shape index (κ2) is 8.81. The third-order valence-corrected chi connectivity index (χ3v) is 5.85. The maximum atomic E-state index is 12.6. The molecule has 1 atom stereocenters. The molecule has 4 heteroatoms. The van der Waals surface area contributed by atoms with Crippen LogP contribution in [0.3, 0.4) is 0 Å². The second-order valence-electron chi connectivity index (χ2n) is 7.72. The number of hydrogen-bond acceptors (Lipinski definition) is 3. The van der Waals surface area contributed by atoms with Crippen LogP contribution < -0.4 is 10.6 Å². The summed E-state index contributed by atoms with van der Waals surface area (Å²) in [6.45, 7) is 4.42. The minimum absolute atomic E-state index is 0.0716. The minimum Gasteiger partial charge on any atom is -0.381 e. The molecule has 1 saturated heterocycles. The lowest BCUT2D eigenvalue weighted by Crippen LogP contribution is -2.57. The molecule has 1 aliphatic carbocycles. The Hall–Kier alpha value is -1.39. The van der Waals surface area contributed by atoms with Gasteiger partial charge in [-0.05, 0) is 38.2 Å². The zero-order valence-electron chi connectivity index (χ0n) is 15.4. The molecule has 4 nitrogen and oxygen atoms in total. The molecule has 2 aliphatic rings. The first kappa shape index (κ1) is 18.4. The Morgan fingerprint density at radius 2 is 1.84 bits per heavy atom. The van der Waals surface area contributed by atoms with Crippen molar-refractivity contribution in [3.8, 4) is 0 Å². The van der Waals surface area contributed by atoms with E-state index in [1.54, 1.807) is 0 Å². The molecular formula is C21H32N2O2. The third kappa shape index (κ3) is 5.05. The Morgan fingerprint density at radius 3 is 2.52 bits per heavy atom. The smallest absolute Gasteiger partial charge is 0.223 e. The van der Waals surface area contributed by atoms with E-state index in [0.29, 0.717) is 6.54 Å². The highest BCUT2D eigenvalue weighted by Gasteiger charge is 2.35. The third-order valence-electron chi connectivity index (χ3n) is 5.85. The summed E-state index contributed by atoms with van der Waals surface area (Å²) in [5, 5.41) is 7.07. The van der Waals surface area contributed by atoms with Crippen LogP contribution in [0.15, 0.2) is 30.3 Å². The Labute approximate surface area is 151 Å². The van der Waals surface area contributed by atoms with Gasteiger partial charge in [-0.15, -0.1) is 0 Å². The molecule has 138 valence electrons. The number of nitrogens with one attached hydrogen (secondary N) is 2. The first-order valence-electron chi connectivity index (χ1n) is 9.87. The molecule has 1 aromatic rings. The van der Waals surface area contributed by atoms with E-state index in [9.17, 15) is 4.79 Å². The Balaban J connectivity index is 1.61. The second-order valence-corrected chi connectivity index (χ2v) is 7.72. The lowest BCUT2D eigenvalue weighted by Gasteiger charge is -2.41. The van der Waals surface area contributed by atoms with E-state index in [0.717, 1.165) is 38.9 Å². The van der Waals surface area contributed by atoms with Crippen molar-refractivity contribution in [3.63, 3.8) is 0 Å². The molecule has 2 fully saturated rings. The largest absolute Gasteiger partial charge is 0.381 e. The van der Waals surface area contributed by atoms with Crippen molar-refractivity contribution in [2.45, 2.75) is 63.5 Å². The van der Waals surface area contributed by atoms with E-state index < -0.39 is 0 Å². The monoisotopic (exact) mass is 344 g/mol. The molecule has 0 unspecified atom stereocenters. The number of rotatable bonds is 6. The molecule has 0 radical (unpaired) electrons. The van der Waals surface area contributed by atoms with Crippen molar-refractivity contribution in [2.75, 3.05) is 19.8 Å². The van der Waals surface area contributed by atoms with E-state index in [2.05, 4.69) is 41.8 Å². The van der Waals surface area contributed by atoms with Crippen molar-refractivity contribution in [3.05, 3.63) is 35.9 Å². The number of carbonyl (C=O) groups is 1. The van der Waals surface area contributed by atoms with Crippen LogP contribution in [0.5, 0.6) is 0 Å². The molecule has 1 saturated carbocycles. The van der Waals surface area contributed by atoms with Gasteiger partial charge in [0.2, 0.25) is 5.91 Å². The Morgan fingerprint density at radius 1 is 1.16 bits per heavy atom. The summed E-state index contributed by atoms with van der Waals surface area (Å²) in [6, 6.07) is 10.8. The normalized spacial score (nSPS) is 22.3. The summed E-state index contributed by atoms with van der Waals surface area (Å²) in [5.74, 6) is 0.469. The quantitative estimate of drug-likeness (QED) is 0.829. The highest BCUT2D eigenvalue weighted by molar-refractivity contribution is 5.78. The molecule has 2 N–H and O–H groups in total. The maximum absolute atomic E-state index is 12.6. The first-order valence-corrected chi connectivity index (χ1v) is 9.87. The summed E-state index contributed by atoms with van der Waals surface area (Å²) in [6.07, 6.45) is 7.65. The number of ether oxygens (including phenoxy) is 1. The van der Waals surface area contributed by atoms with Gasteiger partial charge in [0.1, 0.15) is 0 Å². The van der Waals surface area contributed by atoms with Gasteiger partial charge in [0.05, 0.1) is 0 Å². The Kier molecular flexibility index (Phi) is 6.49. The van der Waals surface area contributed by atoms with Crippen LogP contribution in [0.4, 0.5) is 0 Å². The van der Waals surface area contributed by atoms with Crippen LogP contribution in [-0.2, 0) is 9.53 Å². The lowest BCUT2D eigenvalue weighted by molar-refractivity contribution is -0.126. The van der Waals surface area contributed by atoms with Crippen molar-refractivity contribution in [1.82, 2.24) is 10.6 Å².